The van der Waals surface area contributed by atoms with E-state index in [2.05, 4.69) is 26.8 Å². The van der Waals surface area contributed by atoms with Crippen molar-refractivity contribution in [2.45, 2.75) is 19.6 Å². The second-order valence-corrected chi connectivity index (χ2v) is 10.8. The predicted octanol–water partition coefficient (Wildman–Crippen LogP) is 3.53. The molecule has 0 radical (unpaired) electrons. The van der Waals surface area contributed by atoms with Gasteiger partial charge in [-0.05, 0) is 61.0 Å². The van der Waals surface area contributed by atoms with Crippen molar-refractivity contribution in [3.05, 3.63) is 88.5 Å². The van der Waals surface area contributed by atoms with Gasteiger partial charge in [0.2, 0.25) is 5.95 Å². The average Bonchev–Trinajstić information content (AvgIpc) is 3.02. The summed E-state index contributed by atoms with van der Waals surface area (Å²) < 4.78 is 10.9. The van der Waals surface area contributed by atoms with Crippen LogP contribution in [0.4, 0.5) is 11.8 Å². The molecule has 4 aromatic rings. The summed E-state index contributed by atoms with van der Waals surface area (Å²) in [6, 6.07) is 18.8. The lowest BCUT2D eigenvalue weighted by Gasteiger charge is -2.33. The summed E-state index contributed by atoms with van der Waals surface area (Å²) in [7, 11) is 3.48. The number of esters is 1. The minimum absolute atomic E-state index is 0.0436. The number of aromatic nitrogens is 2. The van der Waals surface area contributed by atoms with E-state index in [1.165, 1.54) is 7.11 Å². The molecule has 1 aromatic heterocycles. The Morgan fingerprint density at radius 1 is 0.929 bits per heavy atom. The number of fused-ring (bicyclic) bond motifs is 2. The fraction of sp³-hybridized carbons (Fsp3) is 0.312. The maximum atomic E-state index is 13.6. The lowest BCUT2D eigenvalue weighted by atomic mass is 9.98. The molecule has 0 bridgehead atoms. The Balaban J connectivity index is 1.16. The number of nitrogen functional groups attached to an aromatic ring is 1. The number of hydrogen-bond donors (Lipinski definition) is 1. The molecule has 2 aliphatic heterocycles. The number of rotatable bonds is 6. The quantitative estimate of drug-likeness (QED) is 0.350. The Morgan fingerprint density at radius 2 is 1.69 bits per heavy atom. The number of benzene rings is 3. The molecule has 216 valence electrons. The van der Waals surface area contributed by atoms with Gasteiger partial charge in [0.1, 0.15) is 18.2 Å². The summed E-state index contributed by atoms with van der Waals surface area (Å²) in [6.07, 6.45) is 0.689. The van der Waals surface area contributed by atoms with Crippen LogP contribution in [0.25, 0.3) is 10.9 Å². The Bertz CT molecular complexity index is 1630. The molecule has 3 heterocycles. The van der Waals surface area contributed by atoms with E-state index in [9.17, 15) is 9.59 Å². The second kappa shape index (κ2) is 11.7. The van der Waals surface area contributed by atoms with Crippen molar-refractivity contribution < 1.29 is 19.1 Å². The van der Waals surface area contributed by atoms with Crippen LogP contribution in [0.2, 0.25) is 0 Å². The number of likely N-dealkylation sites (N-methyl/N-ethyl adjacent to an activating group) is 1. The van der Waals surface area contributed by atoms with Crippen molar-refractivity contribution in [3.8, 4) is 5.75 Å². The van der Waals surface area contributed by atoms with Gasteiger partial charge in [-0.15, -0.1) is 0 Å². The molecular weight excluding hydrogens is 532 g/mol. The molecule has 0 saturated carbocycles. The minimum atomic E-state index is -0.366. The van der Waals surface area contributed by atoms with E-state index in [1.807, 2.05) is 53.4 Å². The van der Waals surface area contributed by atoms with Gasteiger partial charge < -0.3 is 29.9 Å². The maximum Gasteiger partial charge on any atom is 0.337 e. The van der Waals surface area contributed by atoms with Crippen molar-refractivity contribution in [2.24, 2.45) is 0 Å². The summed E-state index contributed by atoms with van der Waals surface area (Å²) in [5.41, 5.74) is 11.0. The molecule has 42 heavy (non-hydrogen) atoms. The first-order valence-corrected chi connectivity index (χ1v) is 14.1. The van der Waals surface area contributed by atoms with Gasteiger partial charge in [0.15, 0.2) is 0 Å². The van der Waals surface area contributed by atoms with Crippen LogP contribution in [0.1, 0.15) is 37.4 Å². The summed E-state index contributed by atoms with van der Waals surface area (Å²) in [5.74, 6) is 1.43. The van der Waals surface area contributed by atoms with Gasteiger partial charge in [0, 0.05) is 55.8 Å². The second-order valence-electron chi connectivity index (χ2n) is 10.8. The van der Waals surface area contributed by atoms with Crippen LogP contribution in [-0.4, -0.2) is 78.5 Å². The van der Waals surface area contributed by atoms with Crippen LogP contribution < -0.4 is 15.4 Å². The highest BCUT2D eigenvalue weighted by Crippen LogP contribution is 2.31. The number of ether oxygens (including phenoxy) is 2. The van der Waals surface area contributed by atoms with Crippen molar-refractivity contribution in [1.82, 2.24) is 19.8 Å². The topological polar surface area (TPSA) is 114 Å². The molecule has 0 aliphatic carbocycles. The van der Waals surface area contributed by atoms with Crippen molar-refractivity contribution in [1.29, 1.82) is 0 Å². The minimum Gasteiger partial charge on any atom is -0.489 e. The lowest BCUT2D eigenvalue weighted by molar-refractivity contribution is 0.0600. The monoisotopic (exact) mass is 566 g/mol. The zero-order chi connectivity index (χ0) is 29.2. The van der Waals surface area contributed by atoms with Gasteiger partial charge in [0.25, 0.3) is 5.91 Å². The van der Waals surface area contributed by atoms with E-state index in [0.717, 1.165) is 59.8 Å². The van der Waals surface area contributed by atoms with E-state index >= 15 is 0 Å². The third-order valence-electron chi connectivity index (χ3n) is 8.02. The van der Waals surface area contributed by atoms with E-state index in [0.29, 0.717) is 42.8 Å². The van der Waals surface area contributed by atoms with Gasteiger partial charge in [-0.3, -0.25) is 4.79 Å². The molecule has 0 atom stereocenters. The van der Waals surface area contributed by atoms with Gasteiger partial charge in [-0.2, -0.15) is 4.98 Å². The zero-order valence-corrected chi connectivity index (χ0v) is 23.9. The molecule has 3 aromatic carbocycles. The molecule has 1 fully saturated rings. The zero-order valence-electron chi connectivity index (χ0n) is 23.9. The summed E-state index contributed by atoms with van der Waals surface area (Å²) in [6.45, 7) is 5.09. The molecule has 0 spiro atoms. The number of methoxy groups -OCH3 is 1. The predicted molar refractivity (Wildman–Crippen MR) is 161 cm³/mol. The molecule has 10 heteroatoms. The molecule has 10 nitrogen and oxygen atoms in total. The van der Waals surface area contributed by atoms with Gasteiger partial charge in [0.05, 0.1) is 18.2 Å². The normalized spacial score (nSPS) is 15.4. The lowest BCUT2D eigenvalue weighted by Crippen LogP contribution is -2.45. The molecule has 6 rings (SSSR count). The highest BCUT2D eigenvalue weighted by molar-refractivity contribution is 6.00. The summed E-state index contributed by atoms with van der Waals surface area (Å²) in [5, 5.41) is 0.899. The highest BCUT2D eigenvalue weighted by Gasteiger charge is 2.25. The van der Waals surface area contributed by atoms with Crippen LogP contribution in [0.15, 0.2) is 60.7 Å². The molecular formula is C32H34N6O4. The molecule has 2 aliphatic rings. The van der Waals surface area contributed by atoms with Crippen LogP contribution in [-0.2, 0) is 24.3 Å². The largest absolute Gasteiger partial charge is 0.489 e. The maximum absolute atomic E-state index is 13.6. The molecule has 2 N–H and O–H groups in total. The number of amides is 1. The number of nitrogens with zero attached hydrogens (tertiary/aromatic N) is 5. The first-order valence-electron chi connectivity index (χ1n) is 14.1. The van der Waals surface area contributed by atoms with Crippen LogP contribution in [0, 0.1) is 0 Å². The fourth-order valence-corrected chi connectivity index (χ4v) is 5.60. The Labute approximate surface area is 244 Å². The first kappa shape index (κ1) is 27.5. The number of carbonyl (C=O) groups excluding carboxylic acids is 2. The van der Waals surface area contributed by atoms with Gasteiger partial charge >= 0.3 is 5.97 Å². The van der Waals surface area contributed by atoms with E-state index in [-0.39, 0.29) is 17.8 Å². The number of piperazine rings is 1. The highest BCUT2D eigenvalue weighted by atomic mass is 16.5. The van der Waals surface area contributed by atoms with Crippen LogP contribution >= 0.6 is 0 Å². The number of hydrogen-bond acceptors (Lipinski definition) is 9. The first-order chi connectivity index (χ1) is 20.4. The SMILES string of the molecule is COC(=O)c1ccc(COc2cccc3c2CCN(C(=O)c2ccc4c(N5CCN(C)CC5)nc(N)nc4c2)C3)cc1. The van der Waals surface area contributed by atoms with Crippen LogP contribution in [0.3, 0.4) is 0 Å². The van der Waals surface area contributed by atoms with E-state index in [4.69, 9.17) is 15.2 Å². The third kappa shape index (κ3) is 5.58. The van der Waals surface area contributed by atoms with E-state index < -0.39 is 0 Å². The van der Waals surface area contributed by atoms with Crippen molar-refractivity contribution in [3.63, 3.8) is 0 Å². The van der Waals surface area contributed by atoms with Crippen molar-refractivity contribution >= 4 is 34.5 Å². The molecule has 1 amide bonds. The molecule has 0 unspecified atom stereocenters. The van der Waals surface area contributed by atoms with E-state index in [1.54, 1.807) is 12.1 Å². The Morgan fingerprint density at radius 3 is 2.45 bits per heavy atom. The third-order valence-corrected chi connectivity index (χ3v) is 8.02. The number of nitrogens with two attached hydrogens (primary N) is 1. The summed E-state index contributed by atoms with van der Waals surface area (Å²) >= 11 is 0. The summed E-state index contributed by atoms with van der Waals surface area (Å²) in [4.78, 5) is 40.7. The number of anilines is 2. The van der Waals surface area contributed by atoms with Crippen LogP contribution in [0.5, 0.6) is 5.75 Å². The fourth-order valence-electron chi connectivity index (χ4n) is 5.60. The average molecular weight is 567 g/mol. The van der Waals surface area contributed by atoms with Gasteiger partial charge in [-0.1, -0.05) is 24.3 Å². The Hall–Kier alpha value is -4.70. The standard InChI is InChI=1S/C32H34N6O4/c1-36-14-16-37(17-15-36)29-26-11-10-23(18-27(26)34-32(33)35-29)30(39)38-13-12-25-24(19-38)4-3-5-28(25)42-20-21-6-8-22(9-7-21)31(40)41-2/h3-11,18H,12-17,19-20H2,1-2H3,(H2,33,34,35). The smallest absolute Gasteiger partial charge is 0.337 e. The Kier molecular flexibility index (Phi) is 7.62. The van der Waals surface area contributed by atoms with Crippen molar-refractivity contribution in [2.75, 3.05) is 57.5 Å². The molecule has 1 saturated heterocycles. The number of carbonyl (C=O) groups is 2. The van der Waals surface area contributed by atoms with Gasteiger partial charge in [-0.25, -0.2) is 9.78 Å².